The molecule has 1 fully saturated rings. The van der Waals surface area contributed by atoms with Crippen LogP contribution in [0.5, 0.6) is 0 Å². The fraction of sp³-hybridized carbons (Fsp3) is 0.650. The van der Waals surface area contributed by atoms with Crippen molar-refractivity contribution < 1.29 is 9.90 Å². The van der Waals surface area contributed by atoms with Crippen LogP contribution < -0.4 is 0 Å². The molecule has 0 aliphatic carbocycles. The molecule has 1 saturated heterocycles. The molecule has 1 aromatic rings. The molecule has 1 aliphatic rings. The smallest absolute Gasteiger partial charge is 0.223 e. The third kappa shape index (κ3) is 4.81. The molecule has 0 spiro atoms. The van der Waals surface area contributed by atoms with Gasteiger partial charge in [0, 0.05) is 25.4 Å². The summed E-state index contributed by atoms with van der Waals surface area (Å²) in [6, 6.07) is 8.65. The third-order valence-electron chi connectivity index (χ3n) is 5.15. The summed E-state index contributed by atoms with van der Waals surface area (Å²) in [5.74, 6) is 1.21. The number of likely N-dealkylation sites (tertiary alicyclic amines) is 1. The second kappa shape index (κ2) is 7.96. The van der Waals surface area contributed by atoms with Crippen LogP contribution in [0.4, 0.5) is 0 Å². The lowest BCUT2D eigenvalue weighted by atomic mass is 9.91. The highest BCUT2D eigenvalue weighted by Crippen LogP contribution is 2.25. The second-order valence-electron chi connectivity index (χ2n) is 7.41. The fourth-order valence-electron chi connectivity index (χ4n) is 3.35. The Kier molecular flexibility index (Phi) is 6.23. The molecule has 0 radical (unpaired) electrons. The molecule has 1 aromatic carbocycles. The number of rotatable bonds is 5. The Morgan fingerprint density at radius 2 is 1.78 bits per heavy atom. The van der Waals surface area contributed by atoms with Crippen LogP contribution in [0, 0.1) is 5.92 Å². The first-order valence-electron chi connectivity index (χ1n) is 8.94. The molecule has 3 nitrogen and oxygen atoms in total. The summed E-state index contributed by atoms with van der Waals surface area (Å²) in [6.45, 7) is 9.88. The number of piperidine rings is 1. The van der Waals surface area contributed by atoms with Crippen molar-refractivity contribution in [3.8, 4) is 0 Å². The van der Waals surface area contributed by atoms with Crippen LogP contribution in [-0.4, -0.2) is 35.1 Å². The molecule has 3 heteroatoms. The lowest BCUT2D eigenvalue weighted by molar-refractivity contribution is -0.134. The van der Waals surface area contributed by atoms with Gasteiger partial charge in [-0.3, -0.25) is 4.79 Å². The topological polar surface area (TPSA) is 40.5 Å². The number of aliphatic hydroxyl groups excluding tert-OH is 1. The maximum atomic E-state index is 12.6. The van der Waals surface area contributed by atoms with E-state index in [4.69, 9.17) is 0 Å². The van der Waals surface area contributed by atoms with E-state index >= 15 is 0 Å². The van der Waals surface area contributed by atoms with E-state index in [1.54, 1.807) is 0 Å². The van der Waals surface area contributed by atoms with Gasteiger partial charge in [-0.2, -0.15) is 0 Å². The Bertz CT molecular complexity index is 507. The van der Waals surface area contributed by atoms with Crippen LogP contribution >= 0.6 is 0 Å². The zero-order valence-corrected chi connectivity index (χ0v) is 15.0. The Morgan fingerprint density at radius 3 is 2.35 bits per heavy atom. The van der Waals surface area contributed by atoms with E-state index in [0.717, 1.165) is 19.4 Å². The van der Waals surface area contributed by atoms with Crippen molar-refractivity contribution in [3.05, 3.63) is 35.4 Å². The number of carbonyl (C=O) groups excluding carboxylic acids is 1. The number of aliphatic hydroxyl groups is 1. The summed E-state index contributed by atoms with van der Waals surface area (Å²) in [4.78, 5) is 14.5. The van der Waals surface area contributed by atoms with Crippen LogP contribution in [0.1, 0.15) is 69.9 Å². The van der Waals surface area contributed by atoms with Crippen molar-refractivity contribution in [2.45, 2.75) is 64.9 Å². The van der Waals surface area contributed by atoms with E-state index in [-0.39, 0.29) is 23.8 Å². The normalized spacial score (nSPS) is 21.3. The minimum absolute atomic E-state index is 0.218. The van der Waals surface area contributed by atoms with Gasteiger partial charge in [-0.05, 0) is 42.7 Å². The van der Waals surface area contributed by atoms with Crippen LogP contribution in [0.15, 0.2) is 24.3 Å². The van der Waals surface area contributed by atoms with Crippen molar-refractivity contribution in [1.82, 2.24) is 4.90 Å². The highest BCUT2D eigenvalue weighted by molar-refractivity contribution is 5.77. The SMILES string of the molecule is CC(C)c1ccc(C(C)CC(=O)N2CCCC(C(C)O)C2)cc1. The first-order chi connectivity index (χ1) is 10.9. The van der Waals surface area contributed by atoms with Gasteiger partial charge in [0.05, 0.1) is 6.10 Å². The van der Waals surface area contributed by atoms with Gasteiger partial charge in [-0.25, -0.2) is 0 Å². The lowest BCUT2D eigenvalue weighted by Gasteiger charge is -2.34. The molecule has 0 aromatic heterocycles. The summed E-state index contributed by atoms with van der Waals surface area (Å²) >= 11 is 0. The van der Waals surface area contributed by atoms with Crippen LogP contribution in [0.3, 0.4) is 0 Å². The molecule has 23 heavy (non-hydrogen) atoms. The van der Waals surface area contributed by atoms with Crippen molar-refractivity contribution in [2.24, 2.45) is 5.92 Å². The predicted octanol–water partition coefficient (Wildman–Crippen LogP) is 3.92. The molecule has 2 rings (SSSR count). The van der Waals surface area contributed by atoms with Crippen molar-refractivity contribution in [2.75, 3.05) is 13.1 Å². The third-order valence-corrected chi connectivity index (χ3v) is 5.15. The van der Waals surface area contributed by atoms with E-state index in [1.807, 2.05) is 11.8 Å². The van der Waals surface area contributed by atoms with Gasteiger partial charge in [0.15, 0.2) is 0 Å². The number of hydrogen-bond donors (Lipinski definition) is 1. The maximum Gasteiger partial charge on any atom is 0.223 e. The first kappa shape index (κ1) is 18.0. The first-order valence-corrected chi connectivity index (χ1v) is 8.94. The minimum atomic E-state index is -0.327. The van der Waals surface area contributed by atoms with Gasteiger partial charge in [0.1, 0.15) is 0 Å². The van der Waals surface area contributed by atoms with Gasteiger partial charge in [0.2, 0.25) is 5.91 Å². The zero-order valence-electron chi connectivity index (χ0n) is 15.0. The summed E-state index contributed by atoms with van der Waals surface area (Å²) < 4.78 is 0. The van der Waals surface area contributed by atoms with Gasteiger partial charge >= 0.3 is 0 Å². The molecular formula is C20H31NO2. The Hall–Kier alpha value is -1.35. The van der Waals surface area contributed by atoms with E-state index in [1.165, 1.54) is 11.1 Å². The van der Waals surface area contributed by atoms with E-state index in [0.29, 0.717) is 18.9 Å². The van der Waals surface area contributed by atoms with Crippen molar-refractivity contribution in [1.29, 1.82) is 0 Å². The number of carbonyl (C=O) groups is 1. The maximum absolute atomic E-state index is 12.6. The highest BCUT2D eigenvalue weighted by Gasteiger charge is 2.27. The molecule has 1 heterocycles. The van der Waals surface area contributed by atoms with Crippen LogP contribution in [-0.2, 0) is 4.79 Å². The quantitative estimate of drug-likeness (QED) is 0.894. The van der Waals surface area contributed by atoms with Crippen molar-refractivity contribution in [3.63, 3.8) is 0 Å². The molecule has 3 unspecified atom stereocenters. The molecule has 1 aliphatic heterocycles. The summed E-state index contributed by atoms with van der Waals surface area (Å²) in [7, 11) is 0. The number of hydrogen-bond acceptors (Lipinski definition) is 2. The van der Waals surface area contributed by atoms with Gasteiger partial charge in [-0.1, -0.05) is 45.0 Å². The predicted molar refractivity (Wildman–Crippen MR) is 94.5 cm³/mol. The Balaban J connectivity index is 1.93. The highest BCUT2D eigenvalue weighted by atomic mass is 16.3. The standard InChI is InChI=1S/C20H31NO2/c1-14(2)17-7-9-18(10-8-17)15(3)12-20(23)21-11-5-6-19(13-21)16(4)22/h7-10,14-16,19,22H,5-6,11-13H2,1-4H3. The van der Waals surface area contributed by atoms with Crippen LogP contribution in [0.2, 0.25) is 0 Å². The van der Waals surface area contributed by atoms with E-state index < -0.39 is 0 Å². The van der Waals surface area contributed by atoms with Gasteiger partial charge in [-0.15, -0.1) is 0 Å². The summed E-state index contributed by atoms with van der Waals surface area (Å²) in [5, 5.41) is 9.77. The largest absolute Gasteiger partial charge is 0.393 e. The fourth-order valence-corrected chi connectivity index (χ4v) is 3.35. The molecule has 128 valence electrons. The number of benzene rings is 1. The van der Waals surface area contributed by atoms with E-state index in [9.17, 15) is 9.90 Å². The minimum Gasteiger partial charge on any atom is -0.393 e. The molecular weight excluding hydrogens is 286 g/mol. The lowest BCUT2D eigenvalue weighted by Crippen LogP contribution is -2.43. The summed E-state index contributed by atoms with van der Waals surface area (Å²) in [6.07, 6.45) is 2.24. The summed E-state index contributed by atoms with van der Waals surface area (Å²) in [5.41, 5.74) is 2.56. The van der Waals surface area contributed by atoms with Gasteiger partial charge < -0.3 is 10.0 Å². The zero-order chi connectivity index (χ0) is 17.0. The molecule has 1 amide bonds. The molecule has 0 bridgehead atoms. The molecule has 0 saturated carbocycles. The Labute approximate surface area is 140 Å². The Morgan fingerprint density at radius 1 is 1.17 bits per heavy atom. The van der Waals surface area contributed by atoms with E-state index in [2.05, 4.69) is 45.0 Å². The van der Waals surface area contributed by atoms with Crippen molar-refractivity contribution >= 4 is 5.91 Å². The second-order valence-corrected chi connectivity index (χ2v) is 7.41. The van der Waals surface area contributed by atoms with Gasteiger partial charge in [0.25, 0.3) is 0 Å². The average molecular weight is 317 g/mol. The number of amides is 1. The molecule has 1 N–H and O–H groups in total. The van der Waals surface area contributed by atoms with Crippen LogP contribution in [0.25, 0.3) is 0 Å². The monoisotopic (exact) mass is 317 g/mol. The average Bonchev–Trinajstić information content (AvgIpc) is 2.54. The molecule has 3 atom stereocenters. The number of nitrogens with zero attached hydrogens (tertiary/aromatic N) is 1.